The maximum atomic E-state index is 12.7. The Morgan fingerprint density at radius 1 is 1.29 bits per heavy atom. The normalized spacial score (nSPS) is 24.3. The molecule has 6 heteroatoms. The SMILES string of the molecule is CC(C)CN1CC(C(=O)N2CCC2CNC(=O)C(C)(C)C)CC1=O. The van der Waals surface area contributed by atoms with Crippen LogP contribution in [0.2, 0.25) is 0 Å². The van der Waals surface area contributed by atoms with Gasteiger partial charge in [-0.05, 0) is 12.3 Å². The van der Waals surface area contributed by atoms with Gasteiger partial charge in [-0.25, -0.2) is 0 Å². The molecule has 2 atom stereocenters. The molecule has 0 radical (unpaired) electrons. The third-order valence-electron chi connectivity index (χ3n) is 4.76. The summed E-state index contributed by atoms with van der Waals surface area (Å²) in [5, 5.41) is 2.93. The van der Waals surface area contributed by atoms with Gasteiger partial charge in [0, 0.05) is 38.0 Å². The van der Waals surface area contributed by atoms with Gasteiger partial charge in [-0.15, -0.1) is 0 Å². The lowest BCUT2D eigenvalue weighted by atomic mass is 9.94. The molecule has 24 heavy (non-hydrogen) atoms. The summed E-state index contributed by atoms with van der Waals surface area (Å²) in [4.78, 5) is 40.4. The van der Waals surface area contributed by atoms with Crippen molar-refractivity contribution in [3.63, 3.8) is 0 Å². The first kappa shape index (κ1) is 18.7. The Balaban J connectivity index is 1.85. The highest BCUT2D eigenvalue weighted by atomic mass is 16.2. The average molecular weight is 337 g/mol. The Bertz CT molecular complexity index is 510. The number of hydrogen-bond acceptors (Lipinski definition) is 3. The van der Waals surface area contributed by atoms with E-state index in [9.17, 15) is 14.4 Å². The van der Waals surface area contributed by atoms with Crippen molar-refractivity contribution in [3.05, 3.63) is 0 Å². The lowest BCUT2D eigenvalue weighted by Crippen LogP contribution is -2.58. The van der Waals surface area contributed by atoms with Gasteiger partial charge >= 0.3 is 0 Å². The van der Waals surface area contributed by atoms with E-state index in [2.05, 4.69) is 19.2 Å². The molecule has 0 aliphatic carbocycles. The second kappa shape index (κ2) is 7.11. The van der Waals surface area contributed by atoms with E-state index >= 15 is 0 Å². The van der Waals surface area contributed by atoms with E-state index in [4.69, 9.17) is 0 Å². The van der Waals surface area contributed by atoms with Gasteiger partial charge < -0.3 is 15.1 Å². The molecule has 2 saturated heterocycles. The second-order valence-electron chi connectivity index (χ2n) is 8.53. The smallest absolute Gasteiger partial charge is 0.228 e. The van der Waals surface area contributed by atoms with E-state index in [0.29, 0.717) is 32.0 Å². The third kappa shape index (κ3) is 4.28. The van der Waals surface area contributed by atoms with E-state index < -0.39 is 5.41 Å². The maximum absolute atomic E-state index is 12.7. The molecule has 136 valence electrons. The number of likely N-dealkylation sites (tertiary alicyclic amines) is 2. The number of nitrogens with zero attached hydrogens (tertiary/aromatic N) is 2. The summed E-state index contributed by atoms with van der Waals surface area (Å²) >= 11 is 0. The van der Waals surface area contributed by atoms with Gasteiger partial charge in [0.05, 0.1) is 12.0 Å². The summed E-state index contributed by atoms with van der Waals surface area (Å²) in [6.07, 6.45) is 1.23. The summed E-state index contributed by atoms with van der Waals surface area (Å²) in [6, 6.07) is 0.0676. The predicted molar refractivity (Wildman–Crippen MR) is 92.1 cm³/mol. The van der Waals surface area contributed by atoms with Crippen LogP contribution >= 0.6 is 0 Å². The van der Waals surface area contributed by atoms with Crippen LogP contribution in [0.4, 0.5) is 0 Å². The first-order valence-corrected chi connectivity index (χ1v) is 8.96. The fraction of sp³-hybridized carbons (Fsp3) is 0.833. The maximum Gasteiger partial charge on any atom is 0.228 e. The van der Waals surface area contributed by atoms with Crippen molar-refractivity contribution in [2.75, 3.05) is 26.2 Å². The quantitative estimate of drug-likeness (QED) is 0.821. The summed E-state index contributed by atoms with van der Waals surface area (Å²) in [7, 11) is 0. The van der Waals surface area contributed by atoms with Crippen LogP contribution in [0.3, 0.4) is 0 Å². The van der Waals surface area contributed by atoms with Crippen LogP contribution < -0.4 is 5.32 Å². The zero-order valence-corrected chi connectivity index (χ0v) is 15.6. The monoisotopic (exact) mass is 337 g/mol. The Morgan fingerprint density at radius 3 is 2.46 bits per heavy atom. The summed E-state index contributed by atoms with van der Waals surface area (Å²) in [6.45, 7) is 12.2. The highest BCUT2D eigenvalue weighted by molar-refractivity contribution is 5.90. The number of carbonyl (C=O) groups excluding carboxylic acids is 3. The largest absolute Gasteiger partial charge is 0.354 e. The number of nitrogens with one attached hydrogen (secondary N) is 1. The minimum Gasteiger partial charge on any atom is -0.354 e. The Kier molecular flexibility index (Phi) is 5.56. The van der Waals surface area contributed by atoms with Crippen LogP contribution in [0, 0.1) is 17.3 Å². The molecule has 2 unspecified atom stereocenters. The zero-order chi connectivity index (χ0) is 18.1. The van der Waals surface area contributed by atoms with Crippen molar-refractivity contribution in [2.24, 2.45) is 17.3 Å². The van der Waals surface area contributed by atoms with Crippen molar-refractivity contribution in [2.45, 2.75) is 53.5 Å². The Hall–Kier alpha value is -1.59. The van der Waals surface area contributed by atoms with Crippen molar-refractivity contribution in [1.82, 2.24) is 15.1 Å². The first-order chi connectivity index (χ1) is 11.1. The van der Waals surface area contributed by atoms with Gasteiger partial charge in [0.15, 0.2) is 0 Å². The minimum atomic E-state index is -0.423. The van der Waals surface area contributed by atoms with Crippen LogP contribution in [0.15, 0.2) is 0 Å². The van der Waals surface area contributed by atoms with E-state index in [1.54, 1.807) is 0 Å². The van der Waals surface area contributed by atoms with Gasteiger partial charge in [0.2, 0.25) is 17.7 Å². The van der Waals surface area contributed by atoms with E-state index in [-0.39, 0.29) is 29.7 Å². The second-order valence-corrected chi connectivity index (χ2v) is 8.53. The fourth-order valence-corrected chi connectivity index (χ4v) is 3.21. The molecule has 2 aliphatic heterocycles. The van der Waals surface area contributed by atoms with Crippen molar-refractivity contribution >= 4 is 17.7 Å². The Labute approximate surface area is 144 Å². The van der Waals surface area contributed by atoms with Crippen molar-refractivity contribution in [3.8, 4) is 0 Å². The minimum absolute atomic E-state index is 0.000881. The molecule has 0 spiro atoms. The number of carbonyl (C=O) groups is 3. The van der Waals surface area contributed by atoms with Gasteiger partial charge in [0.25, 0.3) is 0 Å². The molecule has 2 aliphatic rings. The lowest BCUT2D eigenvalue weighted by molar-refractivity contribution is -0.144. The number of amides is 3. The molecule has 2 fully saturated rings. The van der Waals surface area contributed by atoms with Crippen LogP contribution in [0.5, 0.6) is 0 Å². The predicted octanol–water partition coefficient (Wildman–Crippen LogP) is 1.25. The van der Waals surface area contributed by atoms with Gasteiger partial charge in [-0.1, -0.05) is 34.6 Å². The molecule has 2 heterocycles. The standard InChI is InChI=1S/C18H31N3O3/c1-12(2)10-20-11-13(8-15(20)22)16(23)21-7-6-14(21)9-19-17(24)18(3,4)5/h12-14H,6-11H2,1-5H3,(H,19,24). The molecule has 1 N–H and O–H groups in total. The molecule has 0 saturated carbocycles. The molecule has 0 aromatic carbocycles. The molecule has 3 amide bonds. The topological polar surface area (TPSA) is 69.7 Å². The van der Waals surface area contributed by atoms with E-state index in [1.807, 2.05) is 30.6 Å². The average Bonchev–Trinajstić information content (AvgIpc) is 2.77. The number of hydrogen-bond donors (Lipinski definition) is 1. The van der Waals surface area contributed by atoms with Crippen LogP contribution in [-0.4, -0.2) is 59.7 Å². The molecular formula is C18H31N3O3. The highest BCUT2D eigenvalue weighted by Crippen LogP contribution is 2.26. The fourth-order valence-electron chi connectivity index (χ4n) is 3.21. The first-order valence-electron chi connectivity index (χ1n) is 8.96. The van der Waals surface area contributed by atoms with Crippen molar-refractivity contribution in [1.29, 1.82) is 0 Å². The molecular weight excluding hydrogens is 306 g/mol. The third-order valence-corrected chi connectivity index (χ3v) is 4.76. The highest BCUT2D eigenvalue weighted by Gasteiger charge is 2.41. The summed E-state index contributed by atoms with van der Waals surface area (Å²) in [5.41, 5.74) is -0.423. The van der Waals surface area contributed by atoms with Crippen LogP contribution in [0.1, 0.15) is 47.5 Å². The molecule has 2 rings (SSSR count). The number of rotatable bonds is 5. The molecule has 6 nitrogen and oxygen atoms in total. The van der Waals surface area contributed by atoms with Crippen LogP contribution in [0.25, 0.3) is 0 Å². The molecule has 0 bridgehead atoms. The zero-order valence-electron chi connectivity index (χ0n) is 15.6. The lowest BCUT2D eigenvalue weighted by Gasteiger charge is -2.42. The molecule has 0 aromatic heterocycles. The van der Waals surface area contributed by atoms with E-state index in [0.717, 1.165) is 13.0 Å². The van der Waals surface area contributed by atoms with Gasteiger partial charge in [-0.3, -0.25) is 14.4 Å². The summed E-state index contributed by atoms with van der Waals surface area (Å²) < 4.78 is 0. The van der Waals surface area contributed by atoms with Crippen LogP contribution in [-0.2, 0) is 14.4 Å². The Morgan fingerprint density at radius 2 is 1.96 bits per heavy atom. The van der Waals surface area contributed by atoms with Gasteiger partial charge in [-0.2, -0.15) is 0 Å². The van der Waals surface area contributed by atoms with E-state index in [1.165, 1.54) is 0 Å². The molecule has 0 aromatic rings. The summed E-state index contributed by atoms with van der Waals surface area (Å²) in [5.74, 6) is 0.335. The van der Waals surface area contributed by atoms with Gasteiger partial charge in [0.1, 0.15) is 0 Å². The van der Waals surface area contributed by atoms with Crippen molar-refractivity contribution < 1.29 is 14.4 Å².